The highest BCUT2D eigenvalue weighted by atomic mass is 19.1. The van der Waals surface area contributed by atoms with Crippen molar-refractivity contribution in [3.05, 3.63) is 35.4 Å². The van der Waals surface area contributed by atoms with E-state index in [9.17, 15) is 8.78 Å². The Morgan fingerprint density at radius 2 is 1.76 bits per heavy atom. The monoisotopic (exact) mass is 297 g/mol. The topological polar surface area (TPSA) is 32.5 Å². The van der Waals surface area contributed by atoms with Crippen LogP contribution in [-0.4, -0.2) is 50.1 Å². The van der Waals surface area contributed by atoms with Crippen molar-refractivity contribution in [1.82, 2.24) is 9.80 Å². The van der Waals surface area contributed by atoms with Crippen LogP contribution in [0.1, 0.15) is 24.4 Å². The van der Waals surface area contributed by atoms with E-state index < -0.39 is 11.6 Å². The van der Waals surface area contributed by atoms with Gasteiger partial charge in [0, 0.05) is 25.2 Å². The average molecular weight is 297 g/mol. The summed E-state index contributed by atoms with van der Waals surface area (Å²) in [5, 5.41) is 0. The molecule has 1 atom stereocenters. The molecule has 1 aliphatic rings. The summed E-state index contributed by atoms with van der Waals surface area (Å²) < 4.78 is 26.8. The lowest BCUT2D eigenvalue weighted by atomic mass is 9.93. The highest BCUT2D eigenvalue weighted by molar-refractivity contribution is 5.22. The standard InChI is InChI=1S/C16H25F2N3/c1-20(2)11-12-3-5-21(6-4-12)16(10-19)13-7-14(17)9-15(18)8-13/h7-9,12,16H,3-6,10-11,19H2,1-2H3. The van der Waals surface area contributed by atoms with Crippen molar-refractivity contribution in [2.45, 2.75) is 18.9 Å². The van der Waals surface area contributed by atoms with Gasteiger partial charge in [-0.3, -0.25) is 4.90 Å². The zero-order valence-electron chi connectivity index (χ0n) is 12.9. The molecule has 2 N–H and O–H groups in total. The second-order valence-corrected chi connectivity index (χ2v) is 6.20. The molecule has 1 heterocycles. The molecule has 1 unspecified atom stereocenters. The summed E-state index contributed by atoms with van der Waals surface area (Å²) in [6.07, 6.45) is 2.21. The molecule has 1 aromatic rings. The summed E-state index contributed by atoms with van der Waals surface area (Å²) in [6, 6.07) is 3.59. The van der Waals surface area contributed by atoms with Crippen molar-refractivity contribution < 1.29 is 8.78 Å². The fourth-order valence-corrected chi connectivity index (χ4v) is 3.23. The maximum absolute atomic E-state index is 13.4. The van der Waals surface area contributed by atoms with Gasteiger partial charge in [0.25, 0.3) is 0 Å². The van der Waals surface area contributed by atoms with Gasteiger partial charge in [-0.05, 0) is 63.6 Å². The molecule has 1 saturated heterocycles. The van der Waals surface area contributed by atoms with E-state index in [0.29, 0.717) is 18.0 Å². The molecule has 21 heavy (non-hydrogen) atoms. The first kappa shape index (κ1) is 16.3. The predicted molar refractivity (Wildman–Crippen MR) is 81.0 cm³/mol. The summed E-state index contributed by atoms with van der Waals surface area (Å²) in [5.41, 5.74) is 6.50. The summed E-state index contributed by atoms with van der Waals surface area (Å²) in [7, 11) is 4.18. The minimum Gasteiger partial charge on any atom is -0.329 e. The third-order valence-corrected chi connectivity index (χ3v) is 4.21. The van der Waals surface area contributed by atoms with Gasteiger partial charge in [0.2, 0.25) is 0 Å². The number of benzene rings is 1. The zero-order chi connectivity index (χ0) is 15.4. The van der Waals surface area contributed by atoms with Crippen molar-refractivity contribution in [3.63, 3.8) is 0 Å². The number of likely N-dealkylation sites (tertiary alicyclic amines) is 1. The molecule has 118 valence electrons. The molecule has 1 fully saturated rings. The van der Waals surface area contributed by atoms with Gasteiger partial charge < -0.3 is 10.6 Å². The smallest absolute Gasteiger partial charge is 0.126 e. The van der Waals surface area contributed by atoms with Crippen molar-refractivity contribution >= 4 is 0 Å². The van der Waals surface area contributed by atoms with E-state index in [1.807, 2.05) is 0 Å². The molecular formula is C16H25F2N3. The second kappa shape index (κ2) is 7.29. The Kier molecular flexibility index (Phi) is 5.67. The van der Waals surface area contributed by atoms with Gasteiger partial charge in [-0.25, -0.2) is 8.78 Å². The van der Waals surface area contributed by atoms with E-state index in [-0.39, 0.29) is 6.04 Å². The third-order valence-electron chi connectivity index (χ3n) is 4.21. The van der Waals surface area contributed by atoms with Gasteiger partial charge in [-0.1, -0.05) is 0 Å². The Hall–Kier alpha value is -1.04. The minimum atomic E-state index is -0.536. The second-order valence-electron chi connectivity index (χ2n) is 6.20. The van der Waals surface area contributed by atoms with Gasteiger partial charge in [-0.15, -0.1) is 0 Å². The lowest BCUT2D eigenvalue weighted by Gasteiger charge is -2.38. The van der Waals surface area contributed by atoms with E-state index in [1.165, 1.54) is 12.1 Å². The first-order valence-corrected chi connectivity index (χ1v) is 7.54. The maximum Gasteiger partial charge on any atom is 0.126 e. The number of piperidine rings is 1. The van der Waals surface area contributed by atoms with E-state index in [0.717, 1.165) is 38.5 Å². The number of nitrogens with zero attached hydrogens (tertiary/aromatic N) is 2. The maximum atomic E-state index is 13.4. The van der Waals surface area contributed by atoms with Crippen LogP contribution < -0.4 is 5.73 Å². The highest BCUT2D eigenvalue weighted by Crippen LogP contribution is 2.27. The van der Waals surface area contributed by atoms with E-state index in [2.05, 4.69) is 23.9 Å². The molecule has 0 aromatic heterocycles. The van der Waals surface area contributed by atoms with Crippen LogP contribution in [0.15, 0.2) is 18.2 Å². The zero-order valence-corrected chi connectivity index (χ0v) is 12.9. The van der Waals surface area contributed by atoms with Crippen LogP contribution in [0.2, 0.25) is 0 Å². The normalized spacial score (nSPS) is 19.1. The molecule has 0 bridgehead atoms. The average Bonchev–Trinajstić information content (AvgIpc) is 2.40. The Balaban J connectivity index is 2.02. The van der Waals surface area contributed by atoms with Crippen molar-refractivity contribution in [2.75, 3.05) is 40.3 Å². The Morgan fingerprint density at radius 1 is 1.19 bits per heavy atom. The van der Waals surface area contributed by atoms with E-state index in [4.69, 9.17) is 5.73 Å². The first-order chi connectivity index (χ1) is 9.99. The third kappa shape index (κ3) is 4.46. The van der Waals surface area contributed by atoms with Crippen molar-refractivity contribution in [1.29, 1.82) is 0 Å². The highest BCUT2D eigenvalue weighted by Gasteiger charge is 2.26. The van der Waals surface area contributed by atoms with E-state index >= 15 is 0 Å². The van der Waals surface area contributed by atoms with Gasteiger partial charge in [-0.2, -0.15) is 0 Å². The summed E-state index contributed by atoms with van der Waals surface area (Å²) in [5.74, 6) is -0.379. The van der Waals surface area contributed by atoms with Crippen LogP contribution >= 0.6 is 0 Å². The van der Waals surface area contributed by atoms with Crippen molar-refractivity contribution in [2.24, 2.45) is 11.7 Å². The van der Waals surface area contributed by atoms with Crippen molar-refractivity contribution in [3.8, 4) is 0 Å². The number of hydrogen-bond acceptors (Lipinski definition) is 3. The van der Waals surface area contributed by atoms with Gasteiger partial charge in [0.15, 0.2) is 0 Å². The molecule has 0 radical (unpaired) electrons. The van der Waals surface area contributed by atoms with Crippen LogP contribution in [0, 0.1) is 17.6 Å². The fraction of sp³-hybridized carbons (Fsp3) is 0.625. The molecule has 1 aliphatic heterocycles. The first-order valence-electron chi connectivity index (χ1n) is 7.54. The SMILES string of the molecule is CN(C)CC1CCN(C(CN)c2cc(F)cc(F)c2)CC1. The Morgan fingerprint density at radius 3 is 2.24 bits per heavy atom. The Bertz CT molecular complexity index is 437. The largest absolute Gasteiger partial charge is 0.329 e. The minimum absolute atomic E-state index is 0.101. The molecular weight excluding hydrogens is 272 g/mol. The van der Waals surface area contributed by atoms with Crippen LogP contribution in [0.25, 0.3) is 0 Å². The summed E-state index contributed by atoms with van der Waals surface area (Å²) >= 11 is 0. The lowest BCUT2D eigenvalue weighted by molar-refractivity contribution is 0.122. The van der Waals surface area contributed by atoms with Gasteiger partial charge in [0.05, 0.1) is 0 Å². The molecule has 0 saturated carbocycles. The van der Waals surface area contributed by atoms with E-state index in [1.54, 1.807) is 0 Å². The van der Waals surface area contributed by atoms with Gasteiger partial charge >= 0.3 is 0 Å². The molecule has 3 nitrogen and oxygen atoms in total. The molecule has 1 aromatic carbocycles. The van der Waals surface area contributed by atoms with Crippen LogP contribution in [-0.2, 0) is 0 Å². The number of rotatable bonds is 5. The number of hydrogen-bond donors (Lipinski definition) is 1. The van der Waals surface area contributed by atoms with Crippen LogP contribution in [0.4, 0.5) is 8.78 Å². The predicted octanol–water partition coefficient (Wildman–Crippen LogP) is 2.24. The molecule has 0 spiro atoms. The Labute approximate surface area is 125 Å². The fourth-order valence-electron chi connectivity index (χ4n) is 3.23. The molecule has 5 heteroatoms. The number of nitrogens with two attached hydrogens (primary N) is 1. The summed E-state index contributed by atoms with van der Waals surface area (Å²) in [6.45, 7) is 3.33. The van der Waals surface area contributed by atoms with Gasteiger partial charge in [0.1, 0.15) is 11.6 Å². The molecule has 0 aliphatic carbocycles. The van der Waals surface area contributed by atoms with Crippen LogP contribution in [0.3, 0.4) is 0 Å². The molecule has 0 amide bonds. The van der Waals surface area contributed by atoms with Crippen LogP contribution in [0.5, 0.6) is 0 Å². The lowest BCUT2D eigenvalue weighted by Crippen LogP contribution is -2.41. The quantitative estimate of drug-likeness (QED) is 0.904. The summed E-state index contributed by atoms with van der Waals surface area (Å²) in [4.78, 5) is 4.46. The number of halogens is 2. The molecule has 2 rings (SSSR count).